The Morgan fingerprint density at radius 2 is 1.57 bits per heavy atom. The number of benzene rings is 1. The van der Waals surface area contributed by atoms with Gasteiger partial charge in [0.25, 0.3) is 0 Å². The number of hydrogen-bond acceptors (Lipinski definition) is 13. The van der Waals surface area contributed by atoms with Crippen molar-refractivity contribution in [3.63, 3.8) is 0 Å². The molecule has 49 heavy (non-hydrogen) atoms. The lowest BCUT2D eigenvalue weighted by atomic mass is 10.2. The molecule has 3 aromatic rings. The molecule has 1 aliphatic rings. The molecule has 0 unspecified atom stereocenters. The number of aliphatic hydroxyl groups excluding tert-OH is 1. The molecule has 266 valence electrons. The molecule has 0 amide bonds. The Balaban J connectivity index is 0.000000412. The van der Waals surface area contributed by atoms with Gasteiger partial charge >= 0.3 is 29.6 Å². The van der Waals surface area contributed by atoms with Crippen LogP contribution in [0.3, 0.4) is 0 Å². The van der Waals surface area contributed by atoms with Gasteiger partial charge in [0.05, 0.1) is 13.2 Å². The summed E-state index contributed by atoms with van der Waals surface area (Å²) in [6.07, 6.45) is 3.52. The van der Waals surface area contributed by atoms with E-state index in [4.69, 9.17) is 19.0 Å². The number of esters is 1. The topological polar surface area (TPSA) is 230 Å². The number of nitrogens with zero attached hydrogens (tertiary/aromatic N) is 7. The molecule has 0 fully saturated rings. The summed E-state index contributed by atoms with van der Waals surface area (Å²) in [6, 6.07) is 9.37. The first-order valence-electron chi connectivity index (χ1n) is 15.5. The fourth-order valence-electron chi connectivity index (χ4n) is 5.94. The van der Waals surface area contributed by atoms with E-state index in [1.165, 1.54) is 16.8 Å². The van der Waals surface area contributed by atoms with Crippen LogP contribution in [-0.2, 0) is 27.0 Å². The van der Waals surface area contributed by atoms with Gasteiger partial charge in [0.2, 0.25) is 8.32 Å². The van der Waals surface area contributed by atoms with Crippen LogP contribution in [0.15, 0.2) is 48.8 Å². The van der Waals surface area contributed by atoms with Crippen molar-refractivity contribution in [2.24, 2.45) is 0 Å². The van der Waals surface area contributed by atoms with Gasteiger partial charge in [0, 0.05) is 11.1 Å². The van der Waals surface area contributed by atoms with E-state index < -0.39 is 53.0 Å². The monoisotopic (exact) mass is 703 g/mol. The minimum absolute atomic E-state index is 0.00515. The van der Waals surface area contributed by atoms with Crippen LogP contribution < -0.4 is 4.74 Å². The summed E-state index contributed by atoms with van der Waals surface area (Å²) in [5, 5.41) is 42.1. The van der Waals surface area contributed by atoms with E-state index in [1.54, 1.807) is 6.08 Å². The van der Waals surface area contributed by atoms with Crippen LogP contribution in [0.25, 0.3) is 6.08 Å². The quantitative estimate of drug-likeness (QED) is 0.0761. The Hall–Kier alpha value is -5.01. The van der Waals surface area contributed by atoms with Crippen molar-refractivity contribution in [2.75, 3.05) is 13.2 Å². The van der Waals surface area contributed by atoms with Crippen molar-refractivity contribution < 1.29 is 38.6 Å². The Kier molecular flexibility index (Phi) is 13.2. The van der Waals surface area contributed by atoms with Crippen molar-refractivity contribution in [3.05, 3.63) is 84.7 Å². The van der Waals surface area contributed by atoms with Crippen LogP contribution >= 0.6 is 0 Å². The molecule has 0 radical (unpaired) electrons. The smallest absolute Gasteiger partial charge is 0.439 e. The van der Waals surface area contributed by atoms with E-state index in [0.29, 0.717) is 0 Å². The highest BCUT2D eigenvalue weighted by atomic mass is 28.4. The number of fused-ring (bicyclic) bond motifs is 1. The van der Waals surface area contributed by atoms with Crippen molar-refractivity contribution in [1.29, 1.82) is 0 Å². The SMILES string of the molecule is CC(C)[Si](OC[C@H](Cn1cc([N+](=O)[O-])nc1[N+](=O)[O-])OC(=O)/C=C/c1ccccc1)(C(C)C)C(C)C.O=[N+]([O-])c1cn2c(n1)OC[C@@H](O)C2. The molecule has 2 aromatic heterocycles. The molecule has 1 aliphatic heterocycles. The highest BCUT2D eigenvalue weighted by Crippen LogP contribution is 2.42. The minimum Gasteiger partial charge on any atom is -0.453 e. The summed E-state index contributed by atoms with van der Waals surface area (Å²) >= 11 is 0. The van der Waals surface area contributed by atoms with Crippen molar-refractivity contribution in [3.8, 4) is 6.01 Å². The Labute approximate surface area is 282 Å². The van der Waals surface area contributed by atoms with Gasteiger partial charge in [0.15, 0.2) is 12.3 Å². The predicted molar refractivity (Wildman–Crippen MR) is 178 cm³/mol. The standard InChI is InChI=1S/C24H34N4O7Si.C6H7N3O4/c1-17(2)36(18(3)4,19(5)6)34-16-21(35-23(29)13-12-20-10-8-7-9-11-20)14-26-15-22(27(30)31)25-24(26)28(32)33;10-4-1-8-2-5(9(11)12)7-6(8)13-3-4/h7-13,15,17-19,21H,14,16H2,1-6H3;2,4,10H,1,3H2/b13-12+;/t21-;4-/m00/s1. The van der Waals surface area contributed by atoms with E-state index in [2.05, 4.69) is 51.5 Å². The van der Waals surface area contributed by atoms with Gasteiger partial charge in [-0.05, 0) is 48.0 Å². The van der Waals surface area contributed by atoms with Crippen LogP contribution in [0.5, 0.6) is 6.01 Å². The molecular formula is C30H41N7O11Si. The number of rotatable bonds is 14. The third kappa shape index (κ3) is 10.00. The first-order valence-corrected chi connectivity index (χ1v) is 17.6. The highest BCUT2D eigenvalue weighted by molar-refractivity contribution is 6.77. The molecule has 0 aliphatic carbocycles. The zero-order valence-corrected chi connectivity index (χ0v) is 29.1. The fraction of sp³-hybridized carbons (Fsp3) is 0.500. The predicted octanol–water partition coefficient (Wildman–Crippen LogP) is 5.06. The van der Waals surface area contributed by atoms with E-state index in [-0.39, 0.29) is 54.8 Å². The summed E-state index contributed by atoms with van der Waals surface area (Å²) in [5.74, 6) is -2.28. The molecule has 1 aromatic carbocycles. The maximum Gasteiger partial charge on any atom is 0.439 e. The summed E-state index contributed by atoms with van der Waals surface area (Å²) in [7, 11) is -2.35. The van der Waals surface area contributed by atoms with Crippen LogP contribution in [0.1, 0.15) is 47.1 Å². The van der Waals surface area contributed by atoms with Crippen LogP contribution in [-0.4, -0.2) is 78.7 Å². The lowest BCUT2D eigenvalue weighted by molar-refractivity contribution is -0.403. The molecule has 18 nitrogen and oxygen atoms in total. The summed E-state index contributed by atoms with van der Waals surface area (Å²) in [4.78, 5) is 50.5. The van der Waals surface area contributed by atoms with Crippen LogP contribution in [0, 0.1) is 30.3 Å². The molecule has 0 saturated heterocycles. The largest absolute Gasteiger partial charge is 0.453 e. The normalized spacial score (nSPS) is 15.0. The second-order valence-corrected chi connectivity index (χ2v) is 17.7. The number of ether oxygens (including phenoxy) is 2. The highest BCUT2D eigenvalue weighted by Gasteiger charge is 2.45. The number of carbonyl (C=O) groups excluding carboxylic acids is 1. The molecule has 3 heterocycles. The van der Waals surface area contributed by atoms with Gasteiger partial charge in [-0.2, -0.15) is 0 Å². The number of aliphatic hydroxyl groups is 1. The van der Waals surface area contributed by atoms with Crippen molar-refractivity contribution >= 4 is 37.9 Å². The maximum absolute atomic E-state index is 12.7. The molecular weight excluding hydrogens is 662 g/mol. The lowest BCUT2D eigenvalue weighted by Crippen LogP contribution is -2.49. The second-order valence-electron chi connectivity index (χ2n) is 12.3. The van der Waals surface area contributed by atoms with Crippen molar-refractivity contribution in [2.45, 2.75) is 83.5 Å². The third-order valence-electron chi connectivity index (χ3n) is 7.94. The number of hydrogen-bond donors (Lipinski definition) is 1. The number of imidazole rings is 2. The number of nitro groups is 3. The van der Waals surface area contributed by atoms with E-state index in [0.717, 1.165) is 16.3 Å². The Bertz CT molecular complexity index is 1620. The van der Waals surface area contributed by atoms with Gasteiger partial charge < -0.3 is 49.3 Å². The van der Waals surface area contributed by atoms with Gasteiger partial charge in [-0.25, -0.2) is 9.36 Å². The third-order valence-corrected chi connectivity index (χ3v) is 14.0. The van der Waals surface area contributed by atoms with Gasteiger partial charge in [-0.3, -0.25) is 4.57 Å². The van der Waals surface area contributed by atoms with Crippen LogP contribution in [0.4, 0.5) is 17.6 Å². The molecule has 19 heteroatoms. The molecule has 2 atom stereocenters. The van der Waals surface area contributed by atoms with Crippen LogP contribution in [0.2, 0.25) is 16.6 Å². The Morgan fingerprint density at radius 3 is 2.12 bits per heavy atom. The molecule has 4 rings (SSSR count). The lowest BCUT2D eigenvalue weighted by Gasteiger charge is -2.42. The van der Waals surface area contributed by atoms with E-state index in [1.807, 2.05) is 30.3 Å². The number of carbonyl (C=O) groups is 1. The molecule has 1 N–H and O–H groups in total. The van der Waals surface area contributed by atoms with Gasteiger partial charge in [-0.15, -0.1) is 0 Å². The first-order chi connectivity index (χ1) is 23.0. The van der Waals surface area contributed by atoms with Gasteiger partial charge in [0.1, 0.15) is 25.5 Å². The average Bonchev–Trinajstić information content (AvgIpc) is 3.65. The minimum atomic E-state index is -2.35. The fourth-order valence-corrected chi connectivity index (χ4v) is 11.4. The summed E-state index contributed by atoms with van der Waals surface area (Å²) in [5.41, 5.74) is 1.58. The number of aromatic nitrogens is 4. The van der Waals surface area contributed by atoms with Crippen molar-refractivity contribution in [1.82, 2.24) is 19.1 Å². The first kappa shape index (κ1) is 38.4. The average molecular weight is 704 g/mol. The zero-order chi connectivity index (χ0) is 36.5. The van der Waals surface area contributed by atoms with E-state index in [9.17, 15) is 35.1 Å². The molecule has 0 saturated carbocycles. The molecule has 0 spiro atoms. The molecule has 0 bridgehead atoms. The Morgan fingerprint density at radius 1 is 0.980 bits per heavy atom. The van der Waals surface area contributed by atoms with E-state index >= 15 is 0 Å². The zero-order valence-electron chi connectivity index (χ0n) is 28.1. The summed E-state index contributed by atoms with van der Waals surface area (Å²) < 4.78 is 19.6. The second kappa shape index (κ2) is 16.9. The van der Waals surface area contributed by atoms with Gasteiger partial charge in [-0.1, -0.05) is 71.9 Å². The summed E-state index contributed by atoms with van der Waals surface area (Å²) in [6.45, 7) is 12.9. The maximum atomic E-state index is 12.7.